The summed E-state index contributed by atoms with van der Waals surface area (Å²) in [5, 5.41) is 8.45. The molecule has 2 N–H and O–H groups in total. The quantitative estimate of drug-likeness (QED) is 0.817. The zero-order valence-electron chi connectivity index (χ0n) is 9.42. The summed E-state index contributed by atoms with van der Waals surface area (Å²) in [4.78, 5) is 0. The van der Waals surface area contributed by atoms with E-state index in [1.165, 1.54) is 11.8 Å². The molecular formula is C11H13N3O2S. The van der Waals surface area contributed by atoms with Crippen LogP contribution in [0.5, 0.6) is 5.75 Å². The Morgan fingerprint density at radius 1 is 1.29 bits per heavy atom. The Morgan fingerprint density at radius 3 is 2.71 bits per heavy atom. The van der Waals surface area contributed by atoms with Gasteiger partial charge in [0.25, 0.3) is 5.22 Å². The number of benzene rings is 1. The average molecular weight is 251 g/mol. The molecule has 0 unspecified atom stereocenters. The van der Waals surface area contributed by atoms with Gasteiger partial charge in [0.1, 0.15) is 5.75 Å². The number of methoxy groups -OCH3 is 1. The summed E-state index contributed by atoms with van der Waals surface area (Å²) in [6.07, 6.45) is 0. The number of hydrogen-bond donors (Lipinski definition) is 1. The van der Waals surface area contributed by atoms with Crippen molar-refractivity contribution in [3.8, 4) is 17.2 Å². The molecule has 0 saturated carbocycles. The molecule has 0 aliphatic carbocycles. The van der Waals surface area contributed by atoms with Gasteiger partial charge in [0.2, 0.25) is 5.89 Å². The van der Waals surface area contributed by atoms with Crippen LogP contribution in [0.3, 0.4) is 0 Å². The fraction of sp³-hybridized carbons (Fsp3) is 0.273. The number of ether oxygens (including phenoxy) is 1. The first kappa shape index (κ1) is 11.9. The van der Waals surface area contributed by atoms with Crippen molar-refractivity contribution in [3.05, 3.63) is 24.3 Å². The summed E-state index contributed by atoms with van der Waals surface area (Å²) in [6, 6.07) is 7.46. The van der Waals surface area contributed by atoms with Crippen molar-refractivity contribution in [1.29, 1.82) is 0 Å². The van der Waals surface area contributed by atoms with Crippen LogP contribution in [0.25, 0.3) is 11.5 Å². The normalized spacial score (nSPS) is 10.5. The first-order chi connectivity index (χ1) is 8.33. The van der Waals surface area contributed by atoms with Crippen LogP contribution in [-0.4, -0.2) is 29.6 Å². The SMILES string of the molecule is COc1ccc(-c2nnc(SCCN)o2)cc1. The van der Waals surface area contributed by atoms with E-state index in [0.29, 0.717) is 17.7 Å². The summed E-state index contributed by atoms with van der Waals surface area (Å²) < 4.78 is 10.6. The molecule has 0 fully saturated rings. The van der Waals surface area contributed by atoms with E-state index in [1.807, 2.05) is 24.3 Å². The van der Waals surface area contributed by atoms with Crippen molar-refractivity contribution in [2.45, 2.75) is 5.22 Å². The maximum Gasteiger partial charge on any atom is 0.276 e. The molecule has 0 saturated heterocycles. The molecule has 0 spiro atoms. The summed E-state index contributed by atoms with van der Waals surface area (Å²) >= 11 is 1.45. The summed E-state index contributed by atoms with van der Waals surface area (Å²) in [6.45, 7) is 0.588. The summed E-state index contributed by atoms with van der Waals surface area (Å²) in [7, 11) is 1.63. The van der Waals surface area contributed by atoms with Crippen molar-refractivity contribution < 1.29 is 9.15 Å². The number of hydrogen-bond acceptors (Lipinski definition) is 6. The van der Waals surface area contributed by atoms with Gasteiger partial charge in [-0.25, -0.2) is 0 Å². The molecule has 0 radical (unpaired) electrons. The van der Waals surface area contributed by atoms with E-state index < -0.39 is 0 Å². The van der Waals surface area contributed by atoms with Crippen molar-refractivity contribution in [2.24, 2.45) is 5.73 Å². The Morgan fingerprint density at radius 2 is 2.06 bits per heavy atom. The van der Waals surface area contributed by atoms with Crippen LogP contribution in [0, 0.1) is 0 Å². The third kappa shape index (κ3) is 2.98. The first-order valence-electron chi connectivity index (χ1n) is 5.14. The predicted molar refractivity (Wildman–Crippen MR) is 66.1 cm³/mol. The van der Waals surface area contributed by atoms with Gasteiger partial charge in [-0.1, -0.05) is 11.8 Å². The van der Waals surface area contributed by atoms with Crippen LogP contribution in [0.2, 0.25) is 0 Å². The van der Waals surface area contributed by atoms with E-state index in [9.17, 15) is 0 Å². The van der Waals surface area contributed by atoms with Gasteiger partial charge in [0, 0.05) is 17.9 Å². The molecule has 0 atom stereocenters. The van der Waals surface area contributed by atoms with Gasteiger partial charge in [-0.2, -0.15) is 0 Å². The van der Waals surface area contributed by atoms with Crippen LogP contribution in [0.15, 0.2) is 33.9 Å². The number of nitrogens with zero attached hydrogens (tertiary/aromatic N) is 2. The van der Waals surface area contributed by atoms with Gasteiger partial charge >= 0.3 is 0 Å². The molecule has 0 amide bonds. The zero-order chi connectivity index (χ0) is 12.1. The van der Waals surface area contributed by atoms with Crippen LogP contribution < -0.4 is 10.5 Å². The molecule has 2 aromatic rings. The lowest BCUT2D eigenvalue weighted by molar-refractivity contribution is 0.414. The summed E-state index contributed by atoms with van der Waals surface area (Å²) in [5.74, 6) is 2.07. The van der Waals surface area contributed by atoms with Crippen LogP contribution in [0.4, 0.5) is 0 Å². The number of thioether (sulfide) groups is 1. The minimum absolute atomic E-state index is 0.507. The highest BCUT2D eigenvalue weighted by Crippen LogP contribution is 2.24. The van der Waals surface area contributed by atoms with Crippen LogP contribution >= 0.6 is 11.8 Å². The maximum absolute atomic E-state index is 5.49. The van der Waals surface area contributed by atoms with E-state index in [-0.39, 0.29) is 0 Å². The van der Waals surface area contributed by atoms with E-state index in [0.717, 1.165) is 17.1 Å². The Balaban J connectivity index is 2.12. The fourth-order valence-corrected chi connectivity index (χ4v) is 1.79. The molecule has 0 aliphatic heterocycles. The largest absolute Gasteiger partial charge is 0.497 e. The van der Waals surface area contributed by atoms with E-state index in [2.05, 4.69) is 10.2 Å². The zero-order valence-corrected chi connectivity index (χ0v) is 10.2. The molecule has 1 aromatic heterocycles. The molecule has 90 valence electrons. The molecule has 17 heavy (non-hydrogen) atoms. The van der Waals surface area contributed by atoms with Gasteiger partial charge in [0.05, 0.1) is 7.11 Å². The van der Waals surface area contributed by atoms with Gasteiger partial charge < -0.3 is 14.9 Å². The minimum atomic E-state index is 0.507. The second-order valence-corrected chi connectivity index (χ2v) is 4.28. The van der Waals surface area contributed by atoms with E-state index in [1.54, 1.807) is 7.11 Å². The Hall–Kier alpha value is -1.53. The number of aromatic nitrogens is 2. The average Bonchev–Trinajstić information content (AvgIpc) is 2.85. The Bertz CT molecular complexity index is 470. The molecule has 6 heteroatoms. The highest BCUT2D eigenvalue weighted by molar-refractivity contribution is 7.99. The number of nitrogens with two attached hydrogens (primary N) is 1. The lowest BCUT2D eigenvalue weighted by Crippen LogP contribution is -2.00. The molecular weight excluding hydrogens is 238 g/mol. The predicted octanol–water partition coefficient (Wildman–Crippen LogP) is 1.80. The molecule has 0 aliphatic rings. The van der Waals surface area contributed by atoms with Crippen molar-refractivity contribution >= 4 is 11.8 Å². The van der Waals surface area contributed by atoms with Gasteiger partial charge in [-0.15, -0.1) is 10.2 Å². The monoisotopic (exact) mass is 251 g/mol. The second-order valence-electron chi connectivity index (χ2n) is 3.24. The molecule has 0 bridgehead atoms. The lowest BCUT2D eigenvalue weighted by atomic mass is 10.2. The van der Waals surface area contributed by atoms with Gasteiger partial charge in [-0.05, 0) is 24.3 Å². The number of rotatable bonds is 5. The first-order valence-corrected chi connectivity index (χ1v) is 6.13. The van der Waals surface area contributed by atoms with Crippen molar-refractivity contribution in [2.75, 3.05) is 19.4 Å². The lowest BCUT2D eigenvalue weighted by Gasteiger charge is -1.99. The molecule has 5 nitrogen and oxygen atoms in total. The molecule has 1 aromatic carbocycles. The van der Waals surface area contributed by atoms with E-state index in [4.69, 9.17) is 14.9 Å². The van der Waals surface area contributed by atoms with Gasteiger partial charge in [0.15, 0.2) is 0 Å². The highest BCUT2D eigenvalue weighted by Gasteiger charge is 2.08. The second kappa shape index (κ2) is 5.70. The third-order valence-corrected chi connectivity index (χ3v) is 2.94. The summed E-state index contributed by atoms with van der Waals surface area (Å²) in [5.41, 5.74) is 6.27. The molecule has 2 rings (SSSR count). The van der Waals surface area contributed by atoms with Crippen LogP contribution in [-0.2, 0) is 0 Å². The minimum Gasteiger partial charge on any atom is -0.497 e. The molecule has 1 heterocycles. The van der Waals surface area contributed by atoms with Crippen molar-refractivity contribution in [1.82, 2.24) is 10.2 Å². The van der Waals surface area contributed by atoms with Crippen molar-refractivity contribution in [3.63, 3.8) is 0 Å². The van der Waals surface area contributed by atoms with Crippen LogP contribution in [0.1, 0.15) is 0 Å². The Labute approximate surface area is 103 Å². The highest BCUT2D eigenvalue weighted by atomic mass is 32.2. The van der Waals surface area contributed by atoms with Gasteiger partial charge in [-0.3, -0.25) is 0 Å². The fourth-order valence-electron chi connectivity index (χ4n) is 1.26. The topological polar surface area (TPSA) is 74.2 Å². The standard InChI is InChI=1S/C11H13N3O2S/c1-15-9-4-2-8(3-5-9)10-13-14-11(16-10)17-7-6-12/h2-5H,6-7,12H2,1H3. The Kier molecular flexibility index (Phi) is 4.00. The maximum atomic E-state index is 5.49. The smallest absolute Gasteiger partial charge is 0.276 e. The third-order valence-electron chi connectivity index (χ3n) is 2.09. The van der Waals surface area contributed by atoms with E-state index >= 15 is 0 Å².